The zero-order valence-electron chi connectivity index (χ0n) is 9.01. The maximum absolute atomic E-state index is 13.1. The SMILES string of the molecule is O=C1CCCC(Cc2cc(F)ccc2Cl)C1. The molecule has 0 bridgehead atoms. The molecule has 0 spiro atoms. The minimum Gasteiger partial charge on any atom is -0.300 e. The molecule has 1 saturated carbocycles. The minimum absolute atomic E-state index is 0.262. The van der Waals surface area contributed by atoms with E-state index in [4.69, 9.17) is 11.6 Å². The lowest BCUT2D eigenvalue weighted by atomic mass is 9.84. The van der Waals surface area contributed by atoms with Gasteiger partial charge >= 0.3 is 0 Å². The average molecular weight is 241 g/mol. The van der Waals surface area contributed by atoms with Crippen molar-refractivity contribution in [3.8, 4) is 0 Å². The van der Waals surface area contributed by atoms with Crippen molar-refractivity contribution >= 4 is 17.4 Å². The largest absolute Gasteiger partial charge is 0.300 e. The first kappa shape index (κ1) is 11.6. The van der Waals surface area contributed by atoms with Crippen LogP contribution in [-0.2, 0) is 11.2 Å². The van der Waals surface area contributed by atoms with E-state index in [1.165, 1.54) is 12.1 Å². The summed E-state index contributed by atoms with van der Waals surface area (Å²) in [6.07, 6.45) is 4.03. The molecule has 0 radical (unpaired) electrons. The summed E-state index contributed by atoms with van der Waals surface area (Å²) in [5.41, 5.74) is 0.821. The van der Waals surface area contributed by atoms with Crippen molar-refractivity contribution in [1.29, 1.82) is 0 Å². The Morgan fingerprint density at radius 2 is 2.25 bits per heavy atom. The Morgan fingerprint density at radius 1 is 1.44 bits per heavy atom. The van der Waals surface area contributed by atoms with Crippen LogP contribution in [0.2, 0.25) is 5.02 Å². The summed E-state index contributed by atoms with van der Waals surface area (Å²) in [7, 11) is 0. The van der Waals surface area contributed by atoms with Gasteiger partial charge in [0.05, 0.1) is 0 Å². The van der Waals surface area contributed by atoms with Crippen LogP contribution in [0.3, 0.4) is 0 Å². The summed E-state index contributed by atoms with van der Waals surface area (Å²) in [5.74, 6) is 0.394. The third kappa shape index (κ3) is 2.82. The Balaban J connectivity index is 2.08. The van der Waals surface area contributed by atoms with Crippen LogP contribution in [0.25, 0.3) is 0 Å². The van der Waals surface area contributed by atoms with Crippen molar-refractivity contribution in [3.05, 3.63) is 34.6 Å². The van der Waals surface area contributed by atoms with Gasteiger partial charge < -0.3 is 0 Å². The molecule has 1 aromatic carbocycles. The van der Waals surface area contributed by atoms with Crippen molar-refractivity contribution in [2.75, 3.05) is 0 Å². The molecule has 0 N–H and O–H groups in total. The van der Waals surface area contributed by atoms with Crippen molar-refractivity contribution in [2.45, 2.75) is 32.1 Å². The molecule has 1 atom stereocenters. The predicted molar refractivity (Wildman–Crippen MR) is 62.1 cm³/mol. The number of ketones is 1. The molecule has 0 aliphatic heterocycles. The van der Waals surface area contributed by atoms with Gasteiger partial charge in [-0.2, -0.15) is 0 Å². The second kappa shape index (κ2) is 4.96. The molecule has 0 heterocycles. The van der Waals surface area contributed by atoms with E-state index < -0.39 is 0 Å². The number of hydrogen-bond acceptors (Lipinski definition) is 1. The van der Waals surface area contributed by atoms with Gasteiger partial charge in [-0.25, -0.2) is 4.39 Å². The molecular formula is C13H14ClFO. The van der Waals surface area contributed by atoms with Crippen LogP contribution in [0.5, 0.6) is 0 Å². The monoisotopic (exact) mass is 240 g/mol. The first-order valence-electron chi connectivity index (χ1n) is 5.61. The number of carbonyl (C=O) groups excluding carboxylic acids is 1. The maximum atomic E-state index is 13.1. The van der Waals surface area contributed by atoms with Gasteiger partial charge in [-0.15, -0.1) is 0 Å². The molecule has 1 fully saturated rings. The van der Waals surface area contributed by atoms with Gasteiger partial charge in [-0.1, -0.05) is 11.6 Å². The van der Waals surface area contributed by atoms with Crippen LogP contribution >= 0.6 is 11.6 Å². The first-order chi connectivity index (χ1) is 7.65. The van der Waals surface area contributed by atoms with E-state index in [0.29, 0.717) is 36.0 Å². The number of Topliss-reactive ketones (excluding diaryl/α,β-unsaturated/α-hetero) is 1. The van der Waals surface area contributed by atoms with Crippen molar-refractivity contribution < 1.29 is 9.18 Å². The quantitative estimate of drug-likeness (QED) is 0.769. The Hall–Kier alpha value is -0.890. The molecule has 16 heavy (non-hydrogen) atoms. The van der Waals surface area contributed by atoms with Gasteiger partial charge in [0.15, 0.2) is 0 Å². The Labute approximate surface area is 99.6 Å². The lowest BCUT2D eigenvalue weighted by molar-refractivity contribution is -0.121. The molecule has 1 aromatic rings. The van der Waals surface area contributed by atoms with Gasteiger partial charge in [0.25, 0.3) is 0 Å². The number of carbonyl (C=O) groups is 1. The van der Waals surface area contributed by atoms with E-state index in [2.05, 4.69) is 0 Å². The number of rotatable bonds is 2. The Kier molecular flexibility index (Phi) is 3.59. The predicted octanol–water partition coefficient (Wildman–Crippen LogP) is 3.78. The van der Waals surface area contributed by atoms with Gasteiger partial charge in [-0.3, -0.25) is 4.79 Å². The van der Waals surface area contributed by atoms with Crippen LogP contribution in [0, 0.1) is 11.7 Å². The summed E-state index contributed by atoms with van der Waals surface area (Å²) in [5, 5.41) is 0.597. The van der Waals surface area contributed by atoms with E-state index in [-0.39, 0.29) is 5.82 Å². The first-order valence-corrected chi connectivity index (χ1v) is 5.98. The second-order valence-corrected chi connectivity index (χ2v) is 4.85. The topological polar surface area (TPSA) is 17.1 Å². The normalized spacial score (nSPS) is 21.1. The molecule has 1 unspecified atom stereocenters. The molecular weight excluding hydrogens is 227 g/mol. The fraction of sp³-hybridized carbons (Fsp3) is 0.462. The van der Waals surface area contributed by atoms with E-state index in [1.807, 2.05) is 0 Å². The minimum atomic E-state index is -0.262. The van der Waals surface area contributed by atoms with Crippen LogP contribution in [0.15, 0.2) is 18.2 Å². The Bertz CT molecular complexity index is 403. The number of benzene rings is 1. The summed E-state index contributed by atoms with van der Waals surface area (Å²) in [6, 6.07) is 4.41. The third-order valence-electron chi connectivity index (χ3n) is 3.10. The zero-order chi connectivity index (χ0) is 11.5. The fourth-order valence-corrected chi connectivity index (χ4v) is 2.49. The molecule has 0 aromatic heterocycles. The van der Waals surface area contributed by atoms with E-state index >= 15 is 0 Å². The van der Waals surface area contributed by atoms with E-state index in [0.717, 1.165) is 18.4 Å². The molecule has 1 aliphatic rings. The van der Waals surface area contributed by atoms with Crippen molar-refractivity contribution in [2.24, 2.45) is 5.92 Å². The summed E-state index contributed by atoms with van der Waals surface area (Å²) < 4.78 is 13.1. The van der Waals surface area contributed by atoms with Crippen LogP contribution in [0.1, 0.15) is 31.2 Å². The van der Waals surface area contributed by atoms with Gasteiger partial charge in [-0.05, 0) is 48.9 Å². The number of hydrogen-bond donors (Lipinski definition) is 0. The van der Waals surface area contributed by atoms with Crippen LogP contribution < -0.4 is 0 Å². The van der Waals surface area contributed by atoms with Gasteiger partial charge in [0.1, 0.15) is 11.6 Å². The molecule has 0 saturated heterocycles. The molecule has 1 nitrogen and oxygen atoms in total. The molecule has 3 heteroatoms. The second-order valence-electron chi connectivity index (χ2n) is 4.44. The van der Waals surface area contributed by atoms with E-state index in [9.17, 15) is 9.18 Å². The molecule has 1 aliphatic carbocycles. The molecule has 86 valence electrons. The van der Waals surface area contributed by atoms with Crippen molar-refractivity contribution in [1.82, 2.24) is 0 Å². The van der Waals surface area contributed by atoms with Gasteiger partial charge in [0.2, 0.25) is 0 Å². The Morgan fingerprint density at radius 3 is 3.00 bits per heavy atom. The summed E-state index contributed by atoms with van der Waals surface area (Å²) in [6.45, 7) is 0. The van der Waals surface area contributed by atoms with Crippen molar-refractivity contribution in [3.63, 3.8) is 0 Å². The average Bonchev–Trinajstić information content (AvgIpc) is 2.24. The lowest BCUT2D eigenvalue weighted by Gasteiger charge is -2.21. The van der Waals surface area contributed by atoms with Gasteiger partial charge in [0, 0.05) is 17.9 Å². The summed E-state index contributed by atoms with van der Waals surface area (Å²) >= 11 is 6.00. The zero-order valence-corrected chi connectivity index (χ0v) is 9.77. The highest BCUT2D eigenvalue weighted by Gasteiger charge is 2.20. The fourth-order valence-electron chi connectivity index (χ4n) is 2.30. The molecule has 0 amide bonds. The maximum Gasteiger partial charge on any atom is 0.133 e. The third-order valence-corrected chi connectivity index (χ3v) is 3.47. The standard InChI is InChI=1S/C13H14ClFO/c14-13-5-4-11(15)8-10(13)6-9-2-1-3-12(16)7-9/h4-5,8-9H,1-3,6-7H2. The smallest absolute Gasteiger partial charge is 0.133 e. The van der Waals surface area contributed by atoms with Crippen LogP contribution in [-0.4, -0.2) is 5.78 Å². The summed E-state index contributed by atoms with van der Waals surface area (Å²) in [4.78, 5) is 11.3. The van der Waals surface area contributed by atoms with E-state index in [1.54, 1.807) is 6.07 Å². The highest BCUT2D eigenvalue weighted by atomic mass is 35.5. The lowest BCUT2D eigenvalue weighted by Crippen LogP contribution is -2.17. The molecule has 2 rings (SSSR count). The highest BCUT2D eigenvalue weighted by Crippen LogP contribution is 2.28. The number of halogens is 2. The highest BCUT2D eigenvalue weighted by molar-refractivity contribution is 6.31. The van der Waals surface area contributed by atoms with Crippen LogP contribution in [0.4, 0.5) is 4.39 Å².